The Morgan fingerprint density at radius 2 is 1.76 bits per heavy atom. The molecule has 29 heavy (non-hydrogen) atoms. The smallest absolute Gasteiger partial charge is 0.241 e. The second-order valence-electron chi connectivity index (χ2n) is 6.25. The standard InChI is InChI=1S/C20H18BrClN2O3S2/c21-15-5-9-17(10-6-15)29(26,27)24-18(19-2-1-11-28-19)12-20(25)23-13-14-3-7-16(22)8-4-14/h1-11,18,24H,12-13H2,(H,23,25)/t18-/m0/s1. The number of benzene rings is 2. The van der Waals surface area contributed by atoms with Gasteiger partial charge in [0.25, 0.3) is 0 Å². The van der Waals surface area contributed by atoms with Gasteiger partial charge in [-0.15, -0.1) is 11.3 Å². The predicted molar refractivity (Wildman–Crippen MR) is 119 cm³/mol. The third-order valence-corrected chi connectivity index (χ3v) is 7.35. The van der Waals surface area contributed by atoms with Crippen LogP contribution in [-0.2, 0) is 21.4 Å². The van der Waals surface area contributed by atoms with Crippen molar-refractivity contribution < 1.29 is 13.2 Å². The first-order valence-corrected chi connectivity index (χ1v) is 12.2. The van der Waals surface area contributed by atoms with Gasteiger partial charge in [0.2, 0.25) is 15.9 Å². The molecule has 1 amide bonds. The Hall–Kier alpha value is -1.71. The van der Waals surface area contributed by atoms with Gasteiger partial charge in [0, 0.05) is 27.3 Å². The predicted octanol–water partition coefficient (Wildman–Crippen LogP) is 4.89. The number of nitrogens with one attached hydrogen (secondary N) is 2. The molecule has 0 saturated carbocycles. The van der Waals surface area contributed by atoms with E-state index < -0.39 is 16.1 Å². The number of thiophene rings is 1. The lowest BCUT2D eigenvalue weighted by atomic mass is 10.1. The molecule has 0 aliphatic rings. The fourth-order valence-electron chi connectivity index (χ4n) is 2.62. The highest BCUT2D eigenvalue weighted by Gasteiger charge is 2.24. The highest BCUT2D eigenvalue weighted by Crippen LogP contribution is 2.25. The van der Waals surface area contributed by atoms with Gasteiger partial charge >= 0.3 is 0 Å². The first-order chi connectivity index (χ1) is 13.8. The maximum Gasteiger partial charge on any atom is 0.241 e. The molecule has 0 bridgehead atoms. The summed E-state index contributed by atoms with van der Waals surface area (Å²) >= 11 is 10.6. The summed E-state index contributed by atoms with van der Waals surface area (Å²) in [6.45, 7) is 0.340. The van der Waals surface area contributed by atoms with Crippen molar-refractivity contribution in [3.63, 3.8) is 0 Å². The molecular weight excluding hydrogens is 496 g/mol. The van der Waals surface area contributed by atoms with Crippen LogP contribution in [0.4, 0.5) is 0 Å². The van der Waals surface area contributed by atoms with Crippen molar-refractivity contribution in [2.45, 2.75) is 23.9 Å². The molecule has 0 aliphatic carbocycles. The maximum atomic E-state index is 12.8. The van der Waals surface area contributed by atoms with Gasteiger partial charge in [-0.1, -0.05) is 45.7 Å². The van der Waals surface area contributed by atoms with E-state index in [9.17, 15) is 13.2 Å². The van der Waals surface area contributed by atoms with Gasteiger partial charge in [-0.05, 0) is 53.4 Å². The van der Waals surface area contributed by atoms with Crippen molar-refractivity contribution in [2.75, 3.05) is 0 Å². The molecule has 2 aromatic carbocycles. The molecule has 9 heteroatoms. The highest BCUT2D eigenvalue weighted by molar-refractivity contribution is 9.10. The molecule has 0 unspecified atom stereocenters. The van der Waals surface area contributed by atoms with Crippen LogP contribution >= 0.6 is 38.9 Å². The number of hydrogen-bond donors (Lipinski definition) is 2. The Balaban J connectivity index is 1.69. The zero-order valence-corrected chi connectivity index (χ0v) is 19.1. The quantitative estimate of drug-likeness (QED) is 0.450. The van der Waals surface area contributed by atoms with Crippen LogP contribution in [0, 0.1) is 0 Å². The SMILES string of the molecule is O=C(C[C@H](NS(=O)(=O)c1ccc(Br)cc1)c1cccs1)NCc1ccc(Cl)cc1. The molecule has 2 N–H and O–H groups in total. The van der Waals surface area contributed by atoms with Gasteiger partial charge in [-0.3, -0.25) is 4.79 Å². The molecule has 152 valence electrons. The minimum absolute atomic E-state index is 0.0101. The van der Waals surface area contributed by atoms with Gasteiger partial charge < -0.3 is 5.32 Å². The highest BCUT2D eigenvalue weighted by atomic mass is 79.9. The summed E-state index contributed by atoms with van der Waals surface area (Å²) < 4.78 is 29.0. The van der Waals surface area contributed by atoms with Crippen LogP contribution in [-0.4, -0.2) is 14.3 Å². The van der Waals surface area contributed by atoms with E-state index in [1.165, 1.54) is 23.5 Å². The molecule has 0 radical (unpaired) electrons. The lowest BCUT2D eigenvalue weighted by Gasteiger charge is -2.18. The summed E-state index contributed by atoms with van der Waals surface area (Å²) in [6, 6.07) is 16.5. The molecule has 0 aliphatic heterocycles. The number of amides is 1. The molecule has 3 rings (SSSR count). The number of halogens is 2. The second kappa shape index (κ2) is 9.86. The third kappa shape index (κ3) is 6.38. The summed E-state index contributed by atoms with van der Waals surface area (Å²) in [5.41, 5.74) is 0.908. The van der Waals surface area contributed by atoms with E-state index in [4.69, 9.17) is 11.6 Å². The van der Waals surface area contributed by atoms with E-state index in [2.05, 4.69) is 26.0 Å². The number of hydrogen-bond acceptors (Lipinski definition) is 4. The topological polar surface area (TPSA) is 75.3 Å². The average Bonchev–Trinajstić information content (AvgIpc) is 3.22. The molecule has 0 fully saturated rings. The minimum atomic E-state index is -3.78. The number of carbonyl (C=O) groups excluding carboxylic acids is 1. The van der Waals surface area contributed by atoms with E-state index in [-0.39, 0.29) is 17.2 Å². The molecule has 3 aromatic rings. The average molecular weight is 514 g/mol. The van der Waals surface area contributed by atoms with Crippen molar-refractivity contribution in [1.82, 2.24) is 10.0 Å². The fraction of sp³-hybridized carbons (Fsp3) is 0.150. The Labute approximate surface area is 187 Å². The summed E-state index contributed by atoms with van der Waals surface area (Å²) in [4.78, 5) is 13.4. The summed E-state index contributed by atoms with van der Waals surface area (Å²) in [7, 11) is -3.78. The van der Waals surface area contributed by atoms with Crippen LogP contribution in [0.5, 0.6) is 0 Å². The fourth-order valence-corrected chi connectivity index (χ4v) is 5.08. The van der Waals surface area contributed by atoms with Gasteiger partial charge in [0.05, 0.1) is 10.9 Å². The maximum absolute atomic E-state index is 12.8. The van der Waals surface area contributed by atoms with Gasteiger partial charge in [-0.25, -0.2) is 13.1 Å². The molecule has 5 nitrogen and oxygen atoms in total. The Bertz CT molecular complexity index is 1050. The number of carbonyl (C=O) groups is 1. The minimum Gasteiger partial charge on any atom is -0.352 e. The van der Waals surface area contributed by atoms with Gasteiger partial charge in [0.1, 0.15) is 0 Å². The third-order valence-electron chi connectivity index (χ3n) is 4.10. The summed E-state index contributed by atoms with van der Waals surface area (Å²) in [5, 5.41) is 5.30. The Morgan fingerprint density at radius 3 is 2.38 bits per heavy atom. The Morgan fingerprint density at radius 1 is 1.07 bits per heavy atom. The number of sulfonamides is 1. The van der Waals surface area contributed by atoms with Crippen molar-refractivity contribution in [1.29, 1.82) is 0 Å². The lowest BCUT2D eigenvalue weighted by molar-refractivity contribution is -0.121. The molecular formula is C20H18BrClN2O3S2. The van der Waals surface area contributed by atoms with Crippen molar-refractivity contribution in [3.05, 3.63) is 86.0 Å². The molecule has 1 atom stereocenters. The van der Waals surface area contributed by atoms with Crippen molar-refractivity contribution >= 4 is 54.8 Å². The van der Waals surface area contributed by atoms with E-state index in [1.54, 1.807) is 24.3 Å². The first-order valence-electron chi connectivity index (χ1n) is 8.66. The largest absolute Gasteiger partial charge is 0.352 e. The van der Waals surface area contributed by atoms with Crippen LogP contribution in [0.15, 0.2) is 75.4 Å². The lowest BCUT2D eigenvalue weighted by Crippen LogP contribution is -2.33. The van der Waals surface area contributed by atoms with E-state index in [0.29, 0.717) is 11.6 Å². The zero-order chi connectivity index (χ0) is 20.9. The summed E-state index contributed by atoms with van der Waals surface area (Å²) in [5.74, 6) is -0.253. The van der Waals surface area contributed by atoms with Crippen LogP contribution in [0.3, 0.4) is 0 Å². The van der Waals surface area contributed by atoms with E-state index in [1.807, 2.05) is 29.6 Å². The summed E-state index contributed by atoms with van der Waals surface area (Å²) in [6.07, 6.45) is -0.0101. The van der Waals surface area contributed by atoms with Crippen LogP contribution in [0.25, 0.3) is 0 Å². The monoisotopic (exact) mass is 512 g/mol. The van der Waals surface area contributed by atoms with Crippen molar-refractivity contribution in [3.8, 4) is 0 Å². The van der Waals surface area contributed by atoms with Gasteiger partial charge in [-0.2, -0.15) is 0 Å². The van der Waals surface area contributed by atoms with Crippen LogP contribution < -0.4 is 10.0 Å². The van der Waals surface area contributed by atoms with Crippen LogP contribution in [0.2, 0.25) is 5.02 Å². The van der Waals surface area contributed by atoms with Gasteiger partial charge in [0.15, 0.2) is 0 Å². The van der Waals surface area contributed by atoms with E-state index >= 15 is 0 Å². The molecule has 0 saturated heterocycles. The molecule has 1 heterocycles. The zero-order valence-electron chi connectivity index (χ0n) is 15.1. The van der Waals surface area contributed by atoms with E-state index in [0.717, 1.165) is 14.9 Å². The number of rotatable bonds is 8. The first kappa shape index (κ1) is 22.0. The molecule has 0 spiro atoms. The van der Waals surface area contributed by atoms with Crippen LogP contribution in [0.1, 0.15) is 22.9 Å². The second-order valence-corrected chi connectivity index (χ2v) is 10.3. The normalized spacial score (nSPS) is 12.5. The Kier molecular flexibility index (Phi) is 7.48. The van der Waals surface area contributed by atoms with Crippen molar-refractivity contribution in [2.24, 2.45) is 0 Å². The molecule has 1 aromatic heterocycles.